The molecule has 4 atom stereocenters. The van der Waals surface area contributed by atoms with Crippen LogP contribution in [-0.2, 0) is 14.3 Å². The number of carbonyl (C=O) groups is 3. The molecular weight excluding hydrogens is 550 g/mol. The van der Waals surface area contributed by atoms with E-state index < -0.39 is 17.9 Å². The van der Waals surface area contributed by atoms with Crippen LogP contribution in [0.2, 0.25) is 0 Å². The van der Waals surface area contributed by atoms with E-state index in [4.69, 9.17) is 15.5 Å². The zero-order valence-electron chi connectivity index (χ0n) is 24.8. The van der Waals surface area contributed by atoms with E-state index in [1.54, 1.807) is 22.3 Å². The largest absolute Gasteiger partial charge is 0.367 e. The smallest absolute Gasteiger partial charge is 0.249 e. The van der Waals surface area contributed by atoms with Crippen LogP contribution in [0, 0.1) is 11.8 Å². The van der Waals surface area contributed by atoms with Gasteiger partial charge in [0, 0.05) is 55.1 Å². The molecule has 42 heavy (non-hydrogen) atoms. The zero-order chi connectivity index (χ0) is 29.4. The Kier molecular flexibility index (Phi) is 8.65. The third-order valence-corrected chi connectivity index (χ3v) is 10.7. The lowest BCUT2D eigenvalue weighted by atomic mass is 9.74. The fourth-order valence-electron chi connectivity index (χ4n) is 7.58. The molecule has 0 unspecified atom stereocenters. The first-order valence-corrected chi connectivity index (χ1v) is 16.5. The normalized spacial score (nSPS) is 26.0. The molecule has 226 valence electrons. The van der Waals surface area contributed by atoms with Crippen molar-refractivity contribution < 1.29 is 19.1 Å². The minimum absolute atomic E-state index is 0.0165. The summed E-state index contributed by atoms with van der Waals surface area (Å²) in [5.74, 6) is -0.935. The molecule has 1 aromatic carbocycles. The van der Waals surface area contributed by atoms with Gasteiger partial charge in [-0.15, -0.1) is 11.3 Å². The molecule has 10 heteroatoms. The van der Waals surface area contributed by atoms with E-state index in [9.17, 15) is 14.4 Å². The Morgan fingerprint density at radius 1 is 1.14 bits per heavy atom. The molecule has 0 bridgehead atoms. The van der Waals surface area contributed by atoms with Crippen LogP contribution in [0.1, 0.15) is 73.7 Å². The van der Waals surface area contributed by atoms with Crippen LogP contribution in [0.3, 0.4) is 0 Å². The van der Waals surface area contributed by atoms with E-state index in [2.05, 4.69) is 29.2 Å². The lowest BCUT2D eigenvalue weighted by Crippen LogP contribution is -2.46. The van der Waals surface area contributed by atoms with Crippen LogP contribution >= 0.6 is 11.3 Å². The van der Waals surface area contributed by atoms with Crippen LogP contribution in [-0.4, -0.2) is 90.9 Å². The number of primary amides is 1. The third-order valence-electron chi connectivity index (χ3n) is 9.83. The van der Waals surface area contributed by atoms with E-state index in [-0.39, 0.29) is 36.2 Å². The van der Waals surface area contributed by atoms with Gasteiger partial charge in [0.05, 0.1) is 17.7 Å². The fourth-order valence-corrected chi connectivity index (χ4v) is 8.47. The molecule has 1 aromatic heterocycles. The van der Waals surface area contributed by atoms with E-state index in [0.29, 0.717) is 17.7 Å². The lowest BCUT2D eigenvalue weighted by Gasteiger charge is -2.35. The number of piperazine rings is 1. The van der Waals surface area contributed by atoms with Gasteiger partial charge in [-0.2, -0.15) is 0 Å². The Morgan fingerprint density at radius 3 is 2.62 bits per heavy atom. The number of hydrogen-bond donors (Lipinski definition) is 1. The summed E-state index contributed by atoms with van der Waals surface area (Å²) in [4.78, 5) is 51.9. The molecule has 2 aromatic rings. The Labute approximate surface area is 252 Å². The van der Waals surface area contributed by atoms with Crippen LogP contribution in [0.4, 0.5) is 5.13 Å². The van der Waals surface area contributed by atoms with Crippen LogP contribution in [0.25, 0.3) is 11.3 Å². The predicted molar refractivity (Wildman–Crippen MR) is 164 cm³/mol. The number of ketones is 1. The summed E-state index contributed by atoms with van der Waals surface area (Å²) in [5.41, 5.74) is 8.72. The predicted octanol–water partition coefficient (Wildman–Crippen LogP) is 3.92. The van der Waals surface area contributed by atoms with Crippen molar-refractivity contribution in [1.29, 1.82) is 0 Å². The average Bonchev–Trinajstić information content (AvgIpc) is 3.72. The first kappa shape index (κ1) is 29.3. The number of nitrogens with two attached hydrogens (primary N) is 1. The van der Waals surface area contributed by atoms with Gasteiger partial charge in [0.1, 0.15) is 12.6 Å². The maximum Gasteiger partial charge on any atom is 0.249 e. The molecule has 2 amide bonds. The van der Waals surface area contributed by atoms with Crippen molar-refractivity contribution in [2.45, 2.75) is 69.9 Å². The molecule has 0 spiro atoms. The summed E-state index contributed by atoms with van der Waals surface area (Å²) < 4.78 is 5.93. The second kappa shape index (κ2) is 12.4. The molecule has 4 heterocycles. The fraction of sp³-hybridized carbons (Fsp3) is 0.625. The van der Waals surface area contributed by atoms with E-state index >= 15 is 0 Å². The Bertz CT molecular complexity index is 1320. The molecule has 4 aliphatic rings. The number of likely N-dealkylation sites (N-methyl/N-ethyl adjacent to an activating group) is 1. The van der Waals surface area contributed by atoms with Crippen molar-refractivity contribution in [2.24, 2.45) is 17.6 Å². The molecule has 0 radical (unpaired) electrons. The summed E-state index contributed by atoms with van der Waals surface area (Å²) in [6.07, 6.45) is 6.71. The highest BCUT2D eigenvalue weighted by Gasteiger charge is 2.53. The summed E-state index contributed by atoms with van der Waals surface area (Å²) in [6.45, 7) is 6.59. The quantitative estimate of drug-likeness (QED) is 0.494. The second-order valence-electron chi connectivity index (χ2n) is 12.6. The second-order valence-corrected chi connectivity index (χ2v) is 13.4. The van der Waals surface area contributed by atoms with Crippen LogP contribution in [0.5, 0.6) is 0 Å². The van der Waals surface area contributed by atoms with Crippen molar-refractivity contribution >= 4 is 34.1 Å². The van der Waals surface area contributed by atoms with Gasteiger partial charge in [-0.25, -0.2) is 4.98 Å². The van der Waals surface area contributed by atoms with Crippen molar-refractivity contribution in [2.75, 3.05) is 51.3 Å². The van der Waals surface area contributed by atoms with Gasteiger partial charge in [-0.05, 0) is 49.9 Å². The number of hydrogen-bond acceptors (Lipinski definition) is 8. The standard InChI is InChI=1S/C32H43N5O4S/c1-3-7-22-17-37(28-26(38)18-41-29(22)28)31(40)27(20-8-5-4-6-9-20)24-16-21(10-11-23(24)30(33)39)25-19-42-32(34-25)36-14-12-35(2)13-15-36/h10-11,16,19-20,22,27-29H,3-9,12-15,17-18H2,1-2H3,(H2,33,39)/t22-,27-,28+,29+/m0/s1. The SMILES string of the molecule is CCC[C@H]1CN(C(=O)[C@H](c2cc(-c3csc(N4CCN(C)CC4)n3)ccc2C(N)=O)C2CCCCC2)[C@@H]2C(=O)CO[C@H]12. The summed E-state index contributed by atoms with van der Waals surface area (Å²) >= 11 is 1.63. The van der Waals surface area contributed by atoms with Gasteiger partial charge in [0.25, 0.3) is 0 Å². The number of rotatable bonds is 8. The van der Waals surface area contributed by atoms with Crippen molar-refractivity contribution in [1.82, 2.24) is 14.8 Å². The topological polar surface area (TPSA) is 109 Å². The highest BCUT2D eigenvalue weighted by molar-refractivity contribution is 7.14. The number of ether oxygens (including phenoxy) is 1. The van der Waals surface area contributed by atoms with Gasteiger partial charge in [-0.3, -0.25) is 14.4 Å². The van der Waals surface area contributed by atoms with E-state index in [1.165, 1.54) is 0 Å². The third kappa shape index (κ3) is 5.61. The number of fused-ring (bicyclic) bond motifs is 1. The van der Waals surface area contributed by atoms with E-state index in [1.807, 2.05) is 12.1 Å². The van der Waals surface area contributed by atoms with Gasteiger partial charge in [-0.1, -0.05) is 38.7 Å². The van der Waals surface area contributed by atoms with Gasteiger partial charge in [0.15, 0.2) is 10.9 Å². The molecule has 4 fully saturated rings. The van der Waals surface area contributed by atoms with Gasteiger partial charge >= 0.3 is 0 Å². The Morgan fingerprint density at radius 2 is 1.90 bits per heavy atom. The van der Waals surface area contributed by atoms with Crippen molar-refractivity contribution in [3.63, 3.8) is 0 Å². The number of anilines is 1. The number of likely N-dealkylation sites (tertiary alicyclic amines) is 1. The molecule has 6 rings (SSSR count). The number of carbonyl (C=O) groups excluding carboxylic acids is 3. The van der Waals surface area contributed by atoms with Crippen LogP contribution in [0.15, 0.2) is 23.6 Å². The lowest BCUT2D eigenvalue weighted by molar-refractivity contribution is -0.139. The summed E-state index contributed by atoms with van der Waals surface area (Å²) in [5, 5.41) is 3.05. The monoisotopic (exact) mass is 593 g/mol. The summed E-state index contributed by atoms with van der Waals surface area (Å²) in [7, 11) is 2.14. The number of amides is 2. The first-order valence-electron chi connectivity index (χ1n) is 15.6. The van der Waals surface area contributed by atoms with Crippen molar-refractivity contribution in [3.05, 3.63) is 34.7 Å². The highest BCUT2D eigenvalue weighted by Crippen LogP contribution is 2.43. The summed E-state index contributed by atoms with van der Waals surface area (Å²) in [6, 6.07) is 5.10. The Balaban J connectivity index is 1.37. The molecule has 3 saturated heterocycles. The number of aromatic nitrogens is 1. The molecule has 1 aliphatic carbocycles. The van der Waals surface area contributed by atoms with Gasteiger partial charge in [0.2, 0.25) is 11.8 Å². The molecule has 2 N–H and O–H groups in total. The zero-order valence-corrected chi connectivity index (χ0v) is 25.6. The maximum absolute atomic E-state index is 14.7. The molecule has 9 nitrogen and oxygen atoms in total. The molecule has 3 aliphatic heterocycles. The number of benzene rings is 1. The highest BCUT2D eigenvalue weighted by atomic mass is 32.1. The number of Topliss-reactive ketones (excluding diaryl/α,β-unsaturated/α-hetero) is 1. The minimum atomic E-state index is -0.544. The number of nitrogens with zero attached hydrogens (tertiary/aromatic N) is 4. The minimum Gasteiger partial charge on any atom is -0.367 e. The molecular formula is C32H43N5O4S. The maximum atomic E-state index is 14.7. The number of thiazole rings is 1. The van der Waals surface area contributed by atoms with Crippen molar-refractivity contribution in [3.8, 4) is 11.3 Å². The van der Waals surface area contributed by atoms with Crippen LogP contribution < -0.4 is 10.6 Å². The van der Waals surface area contributed by atoms with Gasteiger partial charge < -0.3 is 25.2 Å². The Hall–Kier alpha value is -2.82. The van der Waals surface area contributed by atoms with E-state index in [0.717, 1.165) is 87.5 Å². The molecule has 1 saturated carbocycles. The average molecular weight is 594 g/mol. The first-order chi connectivity index (χ1) is 20.4.